The Hall–Kier alpha value is -2.83. The van der Waals surface area contributed by atoms with Gasteiger partial charge >= 0.3 is 12.1 Å². The number of anilines is 1. The fourth-order valence-corrected chi connectivity index (χ4v) is 2.51. The van der Waals surface area contributed by atoms with Crippen LogP contribution >= 0.6 is 0 Å². The lowest BCUT2D eigenvalue weighted by Crippen LogP contribution is -2.10. The molecule has 0 aliphatic rings. The third kappa shape index (κ3) is 4.67. The number of hydrogen-bond acceptors (Lipinski definition) is 4. The van der Waals surface area contributed by atoms with E-state index in [1.807, 2.05) is 24.3 Å². The standard InChI is InChI=1S/C20H20F3N3O/c1-19(2,3)15-8-10-16(11-9-15)24-12-13-4-6-14(7-5-13)17-25-26-18(27-17)20(21,22)23/h4-11,24H,12H2,1-3H3. The summed E-state index contributed by atoms with van der Waals surface area (Å²) in [5.74, 6) is -1.50. The summed E-state index contributed by atoms with van der Waals surface area (Å²) in [4.78, 5) is 0. The molecule has 3 aromatic rings. The molecule has 0 saturated carbocycles. The second kappa shape index (κ2) is 7.06. The Kier molecular flexibility index (Phi) is 4.95. The van der Waals surface area contributed by atoms with E-state index < -0.39 is 12.1 Å². The van der Waals surface area contributed by atoms with E-state index in [0.29, 0.717) is 12.1 Å². The topological polar surface area (TPSA) is 51.0 Å². The van der Waals surface area contributed by atoms with E-state index in [4.69, 9.17) is 0 Å². The highest BCUT2D eigenvalue weighted by Crippen LogP contribution is 2.30. The molecule has 27 heavy (non-hydrogen) atoms. The Morgan fingerprint density at radius 2 is 1.52 bits per heavy atom. The predicted molar refractivity (Wildman–Crippen MR) is 97.2 cm³/mol. The van der Waals surface area contributed by atoms with Crippen LogP contribution in [0.4, 0.5) is 18.9 Å². The monoisotopic (exact) mass is 375 g/mol. The van der Waals surface area contributed by atoms with Gasteiger partial charge in [-0.25, -0.2) is 0 Å². The van der Waals surface area contributed by atoms with E-state index in [9.17, 15) is 13.2 Å². The molecule has 2 aromatic carbocycles. The minimum Gasteiger partial charge on any atom is -0.413 e. The van der Waals surface area contributed by atoms with Crippen LogP contribution in [0.5, 0.6) is 0 Å². The van der Waals surface area contributed by atoms with Gasteiger partial charge in [-0.15, -0.1) is 10.2 Å². The molecule has 0 bridgehead atoms. The van der Waals surface area contributed by atoms with Crippen molar-refractivity contribution < 1.29 is 17.6 Å². The van der Waals surface area contributed by atoms with E-state index in [2.05, 4.69) is 52.8 Å². The van der Waals surface area contributed by atoms with Gasteiger partial charge < -0.3 is 9.73 Å². The fourth-order valence-electron chi connectivity index (χ4n) is 2.51. The Bertz CT molecular complexity index is 892. The van der Waals surface area contributed by atoms with Gasteiger partial charge in [0.2, 0.25) is 5.89 Å². The molecule has 1 N–H and O–H groups in total. The number of rotatable bonds is 4. The normalized spacial score (nSPS) is 12.2. The van der Waals surface area contributed by atoms with E-state index in [-0.39, 0.29) is 11.3 Å². The van der Waals surface area contributed by atoms with Crippen molar-refractivity contribution in [2.24, 2.45) is 0 Å². The van der Waals surface area contributed by atoms with Crippen molar-refractivity contribution in [3.63, 3.8) is 0 Å². The Morgan fingerprint density at radius 1 is 0.889 bits per heavy atom. The van der Waals surface area contributed by atoms with E-state index in [1.165, 1.54) is 5.56 Å². The average Bonchev–Trinajstić information content (AvgIpc) is 3.10. The lowest BCUT2D eigenvalue weighted by Gasteiger charge is -2.19. The molecule has 0 saturated heterocycles. The number of benzene rings is 2. The molecular weight excluding hydrogens is 355 g/mol. The molecule has 0 atom stereocenters. The maximum atomic E-state index is 12.5. The van der Waals surface area contributed by atoms with Gasteiger partial charge in [-0.1, -0.05) is 45.0 Å². The summed E-state index contributed by atoms with van der Waals surface area (Å²) in [5.41, 5.74) is 3.79. The van der Waals surface area contributed by atoms with Crippen molar-refractivity contribution in [1.29, 1.82) is 0 Å². The minimum absolute atomic E-state index is 0.106. The third-order valence-electron chi connectivity index (χ3n) is 4.12. The largest absolute Gasteiger partial charge is 0.470 e. The summed E-state index contributed by atoms with van der Waals surface area (Å²) >= 11 is 0. The predicted octanol–water partition coefficient (Wildman–Crippen LogP) is 5.67. The molecule has 142 valence electrons. The first-order chi connectivity index (χ1) is 12.6. The van der Waals surface area contributed by atoms with Crippen molar-refractivity contribution >= 4 is 5.69 Å². The van der Waals surface area contributed by atoms with Crippen LogP contribution in [0.15, 0.2) is 52.9 Å². The zero-order chi connectivity index (χ0) is 19.7. The Morgan fingerprint density at radius 3 is 2.04 bits per heavy atom. The van der Waals surface area contributed by atoms with Crippen molar-refractivity contribution in [1.82, 2.24) is 10.2 Å². The van der Waals surface area contributed by atoms with Gasteiger partial charge in [0.1, 0.15) is 0 Å². The molecule has 0 aliphatic carbocycles. The molecule has 3 rings (SSSR count). The first kappa shape index (κ1) is 18.9. The highest BCUT2D eigenvalue weighted by Gasteiger charge is 2.38. The molecule has 0 radical (unpaired) electrons. The molecule has 0 aliphatic heterocycles. The molecule has 0 amide bonds. The number of alkyl halides is 3. The summed E-state index contributed by atoms with van der Waals surface area (Å²) in [6.45, 7) is 7.08. The molecule has 1 heterocycles. The fraction of sp³-hybridized carbons (Fsp3) is 0.300. The summed E-state index contributed by atoms with van der Waals surface area (Å²) in [6, 6.07) is 15.2. The number of aromatic nitrogens is 2. The zero-order valence-corrected chi connectivity index (χ0v) is 15.3. The number of nitrogens with zero attached hydrogens (tertiary/aromatic N) is 2. The van der Waals surface area contributed by atoms with Gasteiger partial charge in [0.15, 0.2) is 0 Å². The average molecular weight is 375 g/mol. The Labute approximate surface area is 155 Å². The van der Waals surface area contributed by atoms with Gasteiger partial charge in [0, 0.05) is 17.8 Å². The van der Waals surface area contributed by atoms with Crippen LogP contribution in [0.25, 0.3) is 11.5 Å². The number of hydrogen-bond donors (Lipinski definition) is 1. The molecule has 7 heteroatoms. The summed E-state index contributed by atoms with van der Waals surface area (Å²) < 4.78 is 42.3. The van der Waals surface area contributed by atoms with Crippen LogP contribution in [0, 0.1) is 0 Å². The van der Waals surface area contributed by atoms with Gasteiger partial charge in [-0.3, -0.25) is 0 Å². The van der Waals surface area contributed by atoms with E-state index in [0.717, 1.165) is 11.3 Å². The smallest absolute Gasteiger partial charge is 0.413 e. The van der Waals surface area contributed by atoms with Crippen LogP contribution in [-0.2, 0) is 18.1 Å². The number of nitrogens with one attached hydrogen (secondary N) is 1. The highest BCUT2D eigenvalue weighted by molar-refractivity contribution is 5.53. The van der Waals surface area contributed by atoms with Crippen LogP contribution in [0.1, 0.15) is 37.8 Å². The minimum atomic E-state index is -4.64. The van der Waals surface area contributed by atoms with Gasteiger partial charge in [-0.2, -0.15) is 13.2 Å². The quantitative estimate of drug-likeness (QED) is 0.639. The molecule has 0 unspecified atom stereocenters. The SMILES string of the molecule is CC(C)(C)c1ccc(NCc2ccc(-c3nnc(C(F)(F)F)o3)cc2)cc1. The zero-order valence-electron chi connectivity index (χ0n) is 15.3. The maximum Gasteiger partial charge on any atom is 0.470 e. The second-order valence-electron chi connectivity index (χ2n) is 7.29. The Balaban J connectivity index is 1.63. The summed E-state index contributed by atoms with van der Waals surface area (Å²) in [6.07, 6.45) is -4.64. The molecular formula is C20H20F3N3O. The van der Waals surface area contributed by atoms with E-state index in [1.54, 1.807) is 12.1 Å². The van der Waals surface area contributed by atoms with Gasteiger partial charge in [0.25, 0.3) is 0 Å². The number of halogens is 3. The van der Waals surface area contributed by atoms with Crippen LogP contribution in [-0.4, -0.2) is 10.2 Å². The second-order valence-corrected chi connectivity index (χ2v) is 7.29. The molecule has 0 fully saturated rings. The first-order valence-corrected chi connectivity index (χ1v) is 8.47. The molecule has 4 nitrogen and oxygen atoms in total. The lowest BCUT2D eigenvalue weighted by molar-refractivity contribution is -0.156. The van der Waals surface area contributed by atoms with Gasteiger partial charge in [0.05, 0.1) is 0 Å². The van der Waals surface area contributed by atoms with Crippen LogP contribution in [0.3, 0.4) is 0 Å². The highest BCUT2D eigenvalue weighted by atomic mass is 19.4. The summed E-state index contributed by atoms with van der Waals surface area (Å²) in [7, 11) is 0. The first-order valence-electron chi connectivity index (χ1n) is 8.47. The molecule has 1 aromatic heterocycles. The maximum absolute atomic E-state index is 12.5. The van der Waals surface area contributed by atoms with Crippen LogP contribution in [0.2, 0.25) is 0 Å². The van der Waals surface area contributed by atoms with E-state index >= 15 is 0 Å². The molecule has 0 spiro atoms. The van der Waals surface area contributed by atoms with Gasteiger partial charge in [-0.05, 0) is 40.8 Å². The van der Waals surface area contributed by atoms with Crippen molar-refractivity contribution in [3.8, 4) is 11.5 Å². The third-order valence-corrected chi connectivity index (χ3v) is 4.12. The van der Waals surface area contributed by atoms with Crippen LogP contribution < -0.4 is 5.32 Å². The van der Waals surface area contributed by atoms with Crippen molar-refractivity contribution in [2.45, 2.75) is 38.9 Å². The lowest BCUT2D eigenvalue weighted by atomic mass is 9.87. The summed E-state index contributed by atoms with van der Waals surface area (Å²) in [5, 5.41) is 9.81. The van der Waals surface area contributed by atoms with Crippen molar-refractivity contribution in [2.75, 3.05) is 5.32 Å². The van der Waals surface area contributed by atoms with Crippen molar-refractivity contribution in [3.05, 3.63) is 65.5 Å².